The van der Waals surface area contributed by atoms with Crippen molar-refractivity contribution in [3.63, 3.8) is 0 Å². The number of benzene rings is 2. The predicted octanol–water partition coefficient (Wildman–Crippen LogP) is 3.03. The number of rotatable bonds is 5. The van der Waals surface area contributed by atoms with Gasteiger partial charge in [0, 0.05) is 19.8 Å². The van der Waals surface area contributed by atoms with Crippen LogP contribution in [-0.2, 0) is 16.1 Å². The number of carbonyl (C=O) groups is 1. The van der Waals surface area contributed by atoms with Crippen LogP contribution in [-0.4, -0.2) is 25.2 Å². The average Bonchev–Trinajstić information content (AvgIpc) is 2.66. The fourth-order valence-corrected chi connectivity index (χ4v) is 3.28. The number of carbonyl (C=O) groups excluding carboxylic acids is 1. The highest BCUT2D eigenvalue weighted by Crippen LogP contribution is 2.22. The highest BCUT2D eigenvalue weighted by Gasteiger charge is 2.26. The molecule has 132 valence electrons. The summed E-state index contributed by atoms with van der Waals surface area (Å²) in [7, 11) is 0. The molecule has 1 amide bonds. The lowest BCUT2D eigenvalue weighted by molar-refractivity contribution is -0.124. The van der Waals surface area contributed by atoms with Gasteiger partial charge in [-0.2, -0.15) is 0 Å². The van der Waals surface area contributed by atoms with Crippen LogP contribution in [0.2, 0.25) is 0 Å². The Hall–Kier alpha value is -2.17. The zero-order valence-corrected chi connectivity index (χ0v) is 14.7. The molecule has 1 aliphatic rings. The van der Waals surface area contributed by atoms with Gasteiger partial charge in [0.1, 0.15) is 0 Å². The van der Waals surface area contributed by atoms with Crippen molar-refractivity contribution in [2.24, 2.45) is 11.7 Å². The Balaban J connectivity index is 1.61. The highest BCUT2D eigenvalue weighted by molar-refractivity contribution is 5.81. The van der Waals surface area contributed by atoms with Gasteiger partial charge in [0.15, 0.2) is 0 Å². The average molecular weight is 338 g/mol. The number of nitrogens with one attached hydrogen (secondary N) is 1. The number of aryl methyl sites for hydroxylation is 1. The third-order valence-corrected chi connectivity index (χ3v) is 4.82. The van der Waals surface area contributed by atoms with E-state index in [9.17, 15) is 4.79 Å². The van der Waals surface area contributed by atoms with Crippen molar-refractivity contribution < 1.29 is 9.53 Å². The molecule has 3 N–H and O–H groups in total. The molecule has 4 nitrogen and oxygen atoms in total. The van der Waals surface area contributed by atoms with Gasteiger partial charge in [-0.05, 0) is 48.4 Å². The van der Waals surface area contributed by atoms with E-state index >= 15 is 0 Å². The molecule has 1 saturated heterocycles. The maximum absolute atomic E-state index is 12.3. The molecule has 3 rings (SSSR count). The Bertz CT molecular complexity index is 723. The van der Waals surface area contributed by atoms with E-state index in [2.05, 4.69) is 48.6 Å². The summed E-state index contributed by atoms with van der Waals surface area (Å²) in [6.07, 6.45) is 1.72. The minimum Gasteiger partial charge on any atom is -0.381 e. The largest absolute Gasteiger partial charge is 0.381 e. The van der Waals surface area contributed by atoms with E-state index in [1.165, 1.54) is 11.1 Å². The Morgan fingerprint density at radius 1 is 1.16 bits per heavy atom. The smallest absolute Gasteiger partial charge is 0.237 e. The Morgan fingerprint density at radius 2 is 1.84 bits per heavy atom. The second-order valence-corrected chi connectivity index (χ2v) is 6.76. The lowest BCUT2D eigenvalue weighted by Gasteiger charge is -2.26. The maximum atomic E-state index is 12.3. The Labute approximate surface area is 149 Å². The zero-order valence-electron chi connectivity index (χ0n) is 14.7. The molecule has 1 unspecified atom stereocenters. The Kier molecular flexibility index (Phi) is 5.84. The first-order valence-electron chi connectivity index (χ1n) is 8.90. The molecule has 0 spiro atoms. The topological polar surface area (TPSA) is 64.4 Å². The fourth-order valence-electron chi connectivity index (χ4n) is 3.28. The molecule has 0 bridgehead atoms. The molecule has 4 heteroatoms. The van der Waals surface area contributed by atoms with E-state index in [0.717, 1.165) is 24.0 Å². The monoisotopic (exact) mass is 338 g/mol. The number of amides is 1. The molecule has 1 heterocycles. The quantitative estimate of drug-likeness (QED) is 0.881. The molecule has 1 aliphatic heterocycles. The van der Waals surface area contributed by atoms with Crippen molar-refractivity contribution in [3.8, 4) is 11.1 Å². The van der Waals surface area contributed by atoms with Crippen LogP contribution in [0, 0.1) is 12.8 Å². The summed E-state index contributed by atoms with van der Waals surface area (Å²) in [5.41, 5.74) is 10.8. The van der Waals surface area contributed by atoms with Gasteiger partial charge < -0.3 is 15.8 Å². The first-order valence-corrected chi connectivity index (χ1v) is 8.90. The number of hydrogen-bond donors (Lipinski definition) is 2. The van der Waals surface area contributed by atoms with Gasteiger partial charge in [0.2, 0.25) is 5.91 Å². The van der Waals surface area contributed by atoms with E-state index in [0.29, 0.717) is 19.8 Å². The van der Waals surface area contributed by atoms with Gasteiger partial charge in [-0.15, -0.1) is 0 Å². The van der Waals surface area contributed by atoms with Crippen LogP contribution in [0.3, 0.4) is 0 Å². The van der Waals surface area contributed by atoms with Crippen molar-refractivity contribution in [1.82, 2.24) is 5.32 Å². The highest BCUT2D eigenvalue weighted by atomic mass is 16.5. The summed E-state index contributed by atoms with van der Waals surface area (Å²) in [5, 5.41) is 2.98. The first-order chi connectivity index (χ1) is 12.1. The normalized spacial score (nSPS) is 16.4. The summed E-state index contributed by atoms with van der Waals surface area (Å²) in [5.74, 6) is 0.139. The SMILES string of the molecule is Cc1cccc(-c2cccc(CNC(=O)C(N)C3CCOCC3)c2)c1. The number of hydrogen-bond acceptors (Lipinski definition) is 3. The van der Waals surface area contributed by atoms with Crippen LogP contribution in [0.4, 0.5) is 0 Å². The van der Waals surface area contributed by atoms with E-state index < -0.39 is 6.04 Å². The molecule has 1 atom stereocenters. The third-order valence-electron chi connectivity index (χ3n) is 4.82. The molecule has 2 aromatic carbocycles. The minimum absolute atomic E-state index is 0.0761. The number of nitrogens with two attached hydrogens (primary N) is 1. The van der Waals surface area contributed by atoms with Crippen LogP contribution in [0.5, 0.6) is 0 Å². The fraction of sp³-hybridized carbons (Fsp3) is 0.381. The lowest BCUT2D eigenvalue weighted by Crippen LogP contribution is -2.46. The molecule has 0 saturated carbocycles. The molecule has 0 aliphatic carbocycles. The molecular weight excluding hydrogens is 312 g/mol. The predicted molar refractivity (Wildman–Crippen MR) is 100.0 cm³/mol. The summed E-state index contributed by atoms with van der Waals surface area (Å²) in [6, 6.07) is 16.2. The van der Waals surface area contributed by atoms with Gasteiger partial charge in [-0.3, -0.25) is 4.79 Å². The van der Waals surface area contributed by atoms with Gasteiger partial charge in [-0.25, -0.2) is 0 Å². The van der Waals surface area contributed by atoms with Crippen LogP contribution >= 0.6 is 0 Å². The first kappa shape index (κ1) is 17.6. The van der Waals surface area contributed by atoms with Gasteiger partial charge in [0.25, 0.3) is 0 Å². The maximum Gasteiger partial charge on any atom is 0.237 e. The Morgan fingerprint density at radius 3 is 2.56 bits per heavy atom. The molecular formula is C21H26N2O2. The zero-order chi connectivity index (χ0) is 17.6. The second-order valence-electron chi connectivity index (χ2n) is 6.76. The van der Waals surface area contributed by atoms with Crippen molar-refractivity contribution in [2.75, 3.05) is 13.2 Å². The van der Waals surface area contributed by atoms with Crippen LogP contribution in [0.15, 0.2) is 48.5 Å². The summed E-state index contributed by atoms with van der Waals surface area (Å²) >= 11 is 0. The van der Waals surface area contributed by atoms with Crippen molar-refractivity contribution in [3.05, 3.63) is 59.7 Å². The standard InChI is InChI=1S/C21H26N2O2/c1-15-4-2-6-18(12-15)19-7-3-5-16(13-19)14-23-21(24)20(22)17-8-10-25-11-9-17/h2-7,12-13,17,20H,8-11,14,22H2,1H3,(H,23,24). The summed E-state index contributed by atoms with van der Waals surface area (Å²) < 4.78 is 5.34. The molecule has 1 fully saturated rings. The third kappa shape index (κ3) is 4.68. The minimum atomic E-state index is -0.455. The molecule has 0 aromatic heterocycles. The summed E-state index contributed by atoms with van der Waals surface area (Å²) in [6.45, 7) is 3.98. The van der Waals surface area contributed by atoms with Crippen LogP contribution < -0.4 is 11.1 Å². The molecule has 0 radical (unpaired) electrons. The van der Waals surface area contributed by atoms with E-state index in [-0.39, 0.29) is 11.8 Å². The van der Waals surface area contributed by atoms with E-state index in [1.807, 2.05) is 12.1 Å². The molecule has 2 aromatic rings. The van der Waals surface area contributed by atoms with E-state index in [4.69, 9.17) is 10.5 Å². The van der Waals surface area contributed by atoms with Crippen LogP contribution in [0.1, 0.15) is 24.0 Å². The number of ether oxygens (including phenoxy) is 1. The van der Waals surface area contributed by atoms with Gasteiger partial charge >= 0.3 is 0 Å². The molecule has 25 heavy (non-hydrogen) atoms. The van der Waals surface area contributed by atoms with Crippen LogP contribution in [0.25, 0.3) is 11.1 Å². The summed E-state index contributed by atoms with van der Waals surface area (Å²) in [4.78, 5) is 12.3. The van der Waals surface area contributed by atoms with Crippen molar-refractivity contribution in [2.45, 2.75) is 32.4 Å². The second kappa shape index (κ2) is 8.28. The van der Waals surface area contributed by atoms with Crippen molar-refractivity contribution in [1.29, 1.82) is 0 Å². The van der Waals surface area contributed by atoms with Gasteiger partial charge in [0.05, 0.1) is 6.04 Å². The van der Waals surface area contributed by atoms with E-state index in [1.54, 1.807) is 0 Å². The van der Waals surface area contributed by atoms with Crippen molar-refractivity contribution >= 4 is 5.91 Å². The lowest BCUT2D eigenvalue weighted by atomic mass is 9.92. The van der Waals surface area contributed by atoms with Gasteiger partial charge in [-0.1, -0.05) is 48.0 Å².